The Balaban J connectivity index is 2.65. The summed E-state index contributed by atoms with van der Waals surface area (Å²) in [7, 11) is 0. The average Bonchev–Trinajstić information content (AvgIpc) is 2.25. The molecule has 1 aliphatic rings. The number of hydrogen-bond donors (Lipinski definition) is 0. The first-order chi connectivity index (χ1) is 4.36. The Bertz CT molecular complexity index is 243. The van der Waals surface area contributed by atoms with Gasteiger partial charge < -0.3 is 0 Å². The third-order valence-corrected chi connectivity index (χ3v) is 1.39. The molecule has 0 atom stereocenters. The highest BCUT2D eigenvalue weighted by atomic mass is 17.2. The van der Waals surface area contributed by atoms with Crippen molar-refractivity contribution in [2.75, 3.05) is 0 Å². The van der Waals surface area contributed by atoms with Gasteiger partial charge in [0.2, 0.25) is 0 Å². The van der Waals surface area contributed by atoms with E-state index in [9.17, 15) is 0 Å². The van der Waals surface area contributed by atoms with Crippen molar-refractivity contribution in [3.05, 3.63) is 23.8 Å². The molecule has 2 heteroatoms. The van der Waals surface area contributed by atoms with Crippen molar-refractivity contribution in [3.63, 3.8) is 0 Å². The van der Waals surface area contributed by atoms with Gasteiger partial charge in [-0.2, -0.15) is 0 Å². The fourth-order valence-electron chi connectivity index (χ4n) is 0.815. The number of hydrogen-bond acceptors (Lipinski definition) is 2. The Hall–Kier alpha value is -1.18. The fraction of sp³-hybridized carbons (Fsp3) is 0.143. The van der Waals surface area contributed by atoms with Crippen LogP contribution in [-0.2, 0) is 0 Å². The van der Waals surface area contributed by atoms with Crippen LogP contribution in [0, 0.1) is 6.92 Å². The van der Waals surface area contributed by atoms with Gasteiger partial charge in [-0.15, -0.1) is 0 Å². The molecule has 2 nitrogen and oxygen atoms in total. The van der Waals surface area contributed by atoms with Crippen molar-refractivity contribution >= 4 is 0 Å². The largest absolute Gasteiger partial charge is 0.290 e. The molecule has 0 fully saturated rings. The summed E-state index contributed by atoms with van der Waals surface area (Å²) < 4.78 is 0. The van der Waals surface area contributed by atoms with Crippen LogP contribution in [0.1, 0.15) is 5.56 Å². The van der Waals surface area contributed by atoms with E-state index in [1.165, 1.54) is 0 Å². The van der Waals surface area contributed by atoms with Crippen LogP contribution in [0.25, 0.3) is 0 Å². The molecule has 0 N–H and O–H groups in total. The molecule has 0 aromatic heterocycles. The Morgan fingerprint density at radius 3 is 2.89 bits per heavy atom. The number of rotatable bonds is 0. The van der Waals surface area contributed by atoms with Crippen LogP contribution < -0.4 is 9.78 Å². The van der Waals surface area contributed by atoms with Crippen LogP contribution >= 0.6 is 0 Å². The fourth-order valence-corrected chi connectivity index (χ4v) is 0.815. The van der Waals surface area contributed by atoms with Crippen LogP contribution in [0.15, 0.2) is 18.2 Å². The maximum atomic E-state index is 4.81. The average molecular weight is 122 g/mol. The summed E-state index contributed by atoms with van der Waals surface area (Å²) in [5.74, 6) is 1.61. The van der Waals surface area contributed by atoms with Crippen LogP contribution in [0.2, 0.25) is 0 Å². The molecular formula is C7H6O2. The van der Waals surface area contributed by atoms with Crippen molar-refractivity contribution in [2.24, 2.45) is 0 Å². The van der Waals surface area contributed by atoms with Gasteiger partial charge >= 0.3 is 0 Å². The van der Waals surface area contributed by atoms with Crippen molar-refractivity contribution in [1.82, 2.24) is 0 Å². The van der Waals surface area contributed by atoms with Gasteiger partial charge in [0.25, 0.3) is 0 Å². The highest BCUT2D eigenvalue weighted by Gasteiger charge is 2.10. The molecule has 0 saturated heterocycles. The quantitative estimate of drug-likeness (QED) is 0.487. The van der Waals surface area contributed by atoms with E-state index in [-0.39, 0.29) is 0 Å². The summed E-state index contributed by atoms with van der Waals surface area (Å²) in [6.45, 7) is 1.98. The predicted molar refractivity (Wildman–Crippen MR) is 32.4 cm³/mol. The van der Waals surface area contributed by atoms with E-state index in [0.717, 1.165) is 17.1 Å². The minimum absolute atomic E-state index is 0.788. The van der Waals surface area contributed by atoms with Gasteiger partial charge in [0, 0.05) is 6.07 Å². The zero-order valence-electron chi connectivity index (χ0n) is 5.05. The van der Waals surface area contributed by atoms with E-state index in [4.69, 9.17) is 9.78 Å². The summed E-state index contributed by atoms with van der Waals surface area (Å²) in [5.41, 5.74) is 1.11. The van der Waals surface area contributed by atoms with E-state index in [1.807, 2.05) is 25.1 Å². The summed E-state index contributed by atoms with van der Waals surface area (Å²) in [6.07, 6.45) is 0. The highest BCUT2D eigenvalue weighted by molar-refractivity contribution is 5.41. The van der Waals surface area contributed by atoms with E-state index in [1.54, 1.807) is 0 Å². The van der Waals surface area contributed by atoms with E-state index in [0.29, 0.717) is 0 Å². The minimum Gasteiger partial charge on any atom is -0.290 e. The number of aryl methyl sites for hydroxylation is 1. The normalized spacial score (nSPS) is 12.6. The van der Waals surface area contributed by atoms with Crippen molar-refractivity contribution in [1.29, 1.82) is 0 Å². The third kappa shape index (κ3) is 0.560. The molecule has 0 aliphatic carbocycles. The molecule has 2 bridgehead atoms. The van der Waals surface area contributed by atoms with Gasteiger partial charge in [-0.05, 0) is 18.6 Å². The molecule has 2 rings (SSSR count). The number of fused-ring (bicyclic) bond motifs is 2. The second-order valence-electron chi connectivity index (χ2n) is 2.09. The topological polar surface area (TPSA) is 18.5 Å². The first kappa shape index (κ1) is 4.68. The lowest BCUT2D eigenvalue weighted by Gasteiger charge is -1.91. The summed E-state index contributed by atoms with van der Waals surface area (Å²) in [6, 6.07) is 5.72. The predicted octanol–water partition coefficient (Wildman–Crippen LogP) is 1.68. The zero-order valence-corrected chi connectivity index (χ0v) is 5.05. The Kier molecular flexibility index (Phi) is 0.730. The lowest BCUT2D eigenvalue weighted by Crippen LogP contribution is -1.90. The first-order valence-electron chi connectivity index (χ1n) is 2.81. The van der Waals surface area contributed by atoms with Gasteiger partial charge in [0.05, 0.1) is 0 Å². The molecule has 46 valence electrons. The summed E-state index contributed by atoms with van der Waals surface area (Å²) in [5, 5.41) is 0. The monoisotopic (exact) mass is 122 g/mol. The molecule has 1 aliphatic heterocycles. The lowest BCUT2D eigenvalue weighted by molar-refractivity contribution is -0.0851. The lowest BCUT2D eigenvalue weighted by atomic mass is 10.2. The van der Waals surface area contributed by atoms with Crippen LogP contribution in [0.3, 0.4) is 0 Å². The van der Waals surface area contributed by atoms with Crippen LogP contribution in [0.4, 0.5) is 0 Å². The maximum Gasteiger partial charge on any atom is 0.185 e. The molecule has 0 amide bonds. The first-order valence-corrected chi connectivity index (χ1v) is 2.81. The molecule has 9 heavy (non-hydrogen) atoms. The standard InChI is InChI=1S/C7H6O2/c1-5-2-3-6-4-7(5)9-8-6/h2-4H,1H3. The van der Waals surface area contributed by atoms with Gasteiger partial charge in [-0.3, -0.25) is 9.78 Å². The molecule has 0 saturated carbocycles. The molecule has 0 radical (unpaired) electrons. The minimum atomic E-state index is 0.788. The van der Waals surface area contributed by atoms with Gasteiger partial charge in [-0.25, -0.2) is 0 Å². The van der Waals surface area contributed by atoms with E-state index in [2.05, 4.69) is 0 Å². The van der Waals surface area contributed by atoms with Crippen LogP contribution in [-0.4, -0.2) is 0 Å². The van der Waals surface area contributed by atoms with Crippen molar-refractivity contribution in [2.45, 2.75) is 6.92 Å². The Morgan fingerprint density at radius 1 is 1.22 bits per heavy atom. The van der Waals surface area contributed by atoms with E-state index >= 15 is 0 Å². The van der Waals surface area contributed by atoms with Gasteiger partial charge in [0.1, 0.15) is 0 Å². The Labute approximate surface area is 52.9 Å². The maximum absolute atomic E-state index is 4.81. The second kappa shape index (κ2) is 1.41. The van der Waals surface area contributed by atoms with Gasteiger partial charge in [-0.1, -0.05) is 6.07 Å². The second-order valence-corrected chi connectivity index (χ2v) is 2.09. The Morgan fingerprint density at radius 2 is 2.11 bits per heavy atom. The smallest absolute Gasteiger partial charge is 0.185 e. The van der Waals surface area contributed by atoms with Crippen molar-refractivity contribution < 1.29 is 9.78 Å². The molecule has 0 spiro atoms. The van der Waals surface area contributed by atoms with Gasteiger partial charge in [0.15, 0.2) is 11.5 Å². The third-order valence-electron chi connectivity index (χ3n) is 1.39. The zero-order chi connectivity index (χ0) is 6.27. The van der Waals surface area contributed by atoms with E-state index < -0.39 is 0 Å². The van der Waals surface area contributed by atoms with Crippen LogP contribution in [0.5, 0.6) is 11.5 Å². The molecule has 1 heterocycles. The number of benzene rings is 1. The summed E-state index contributed by atoms with van der Waals surface area (Å²) in [4.78, 5) is 9.58. The highest BCUT2D eigenvalue weighted by Crippen LogP contribution is 2.29. The molecule has 1 aromatic rings. The molecular weight excluding hydrogens is 116 g/mol. The summed E-state index contributed by atoms with van der Waals surface area (Å²) >= 11 is 0. The molecule has 0 unspecified atom stereocenters. The van der Waals surface area contributed by atoms with Crippen molar-refractivity contribution in [3.8, 4) is 11.5 Å². The SMILES string of the molecule is Cc1ccc2cc1OO2. The molecule has 1 aromatic carbocycles.